The first kappa shape index (κ1) is 23.4. The first-order valence-corrected chi connectivity index (χ1v) is 11.1. The van der Waals surface area contributed by atoms with Crippen LogP contribution in [0.1, 0.15) is 43.3 Å². The van der Waals surface area contributed by atoms with E-state index in [9.17, 15) is 18.0 Å². The summed E-state index contributed by atoms with van der Waals surface area (Å²) in [7, 11) is 0. The van der Waals surface area contributed by atoms with Crippen LogP contribution in [0.15, 0.2) is 36.4 Å². The molecule has 1 aliphatic rings. The van der Waals surface area contributed by atoms with Crippen LogP contribution in [-0.2, 0) is 6.18 Å². The van der Waals surface area contributed by atoms with Crippen molar-refractivity contribution < 1.29 is 18.0 Å². The number of nitrogens with zero attached hydrogens (tertiary/aromatic N) is 2. The van der Waals surface area contributed by atoms with E-state index in [1.165, 1.54) is 6.07 Å². The topological polar surface area (TPSA) is 73.1 Å². The van der Waals surface area contributed by atoms with Crippen LogP contribution in [-0.4, -0.2) is 39.5 Å². The summed E-state index contributed by atoms with van der Waals surface area (Å²) in [4.78, 5) is 22.9. The van der Waals surface area contributed by atoms with Gasteiger partial charge in [0.2, 0.25) is 0 Å². The number of fused-ring (bicyclic) bond motifs is 1. The number of urea groups is 1. The van der Waals surface area contributed by atoms with Gasteiger partial charge in [0.05, 0.1) is 27.7 Å². The van der Waals surface area contributed by atoms with Gasteiger partial charge in [0.25, 0.3) is 0 Å². The molecule has 0 unspecified atom stereocenters. The van der Waals surface area contributed by atoms with Crippen molar-refractivity contribution in [3.63, 3.8) is 0 Å². The molecule has 2 amide bonds. The number of benzene rings is 2. The minimum Gasteiger partial charge on any atom is -0.341 e. The number of H-pyrrole nitrogens is 1. The van der Waals surface area contributed by atoms with E-state index < -0.39 is 22.8 Å². The molecule has 2 heterocycles. The average molecular weight is 480 g/mol. The average Bonchev–Trinajstić information content (AvgIpc) is 3.32. The number of carbonyl (C=O) groups is 1. The summed E-state index contributed by atoms with van der Waals surface area (Å²) in [5.41, 5.74) is 2.01. The Kier molecular flexibility index (Phi) is 6.28. The zero-order valence-corrected chi connectivity index (χ0v) is 19.2. The van der Waals surface area contributed by atoms with Gasteiger partial charge in [-0.3, -0.25) is 4.90 Å². The number of nitrogens with one attached hydrogen (secondary N) is 3. The Balaban J connectivity index is 1.47. The van der Waals surface area contributed by atoms with Gasteiger partial charge >= 0.3 is 12.2 Å². The van der Waals surface area contributed by atoms with Gasteiger partial charge in [0.1, 0.15) is 5.82 Å². The maximum atomic E-state index is 13.1. The summed E-state index contributed by atoms with van der Waals surface area (Å²) < 4.78 is 39.3. The second-order valence-electron chi connectivity index (χ2n) is 8.67. The molecule has 0 spiro atoms. The third-order valence-corrected chi connectivity index (χ3v) is 6.17. The number of aryl methyl sites for hydroxylation is 1. The van der Waals surface area contributed by atoms with Gasteiger partial charge in [0, 0.05) is 24.3 Å². The van der Waals surface area contributed by atoms with Gasteiger partial charge < -0.3 is 15.6 Å². The fraction of sp³-hybridized carbons (Fsp3) is 0.391. The highest BCUT2D eigenvalue weighted by atomic mass is 35.5. The Hall–Kier alpha value is -2.78. The van der Waals surface area contributed by atoms with E-state index in [1.54, 1.807) is 0 Å². The molecule has 1 aliphatic heterocycles. The summed E-state index contributed by atoms with van der Waals surface area (Å²) >= 11 is 5.65. The van der Waals surface area contributed by atoms with Gasteiger partial charge in [-0.05, 0) is 63.1 Å². The lowest BCUT2D eigenvalue weighted by atomic mass is 10.1. The van der Waals surface area contributed by atoms with Gasteiger partial charge in [-0.1, -0.05) is 17.7 Å². The Bertz CT molecular complexity index is 1180. The van der Waals surface area contributed by atoms with Crippen LogP contribution in [0, 0.1) is 6.92 Å². The van der Waals surface area contributed by atoms with Crippen molar-refractivity contribution in [3.05, 3.63) is 58.4 Å². The van der Waals surface area contributed by atoms with E-state index in [2.05, 4.69) is 34.4 Å². The van der Waals surface area contributed by atoms with Crippen LogP contribution >= 0.6 is 11.6 Å². The van der Waals surface area contributed by atoms with Crippen molar-refractivity contribution in [2.75, 3.05) is 11.9 Å². The van der Waals surface area contributed by atoms with E-state index in [0.717, 1.165) is 34.6 Å². The number of rotatable bonds is 4. The summed E-state index contributed by atoms with van der Waals surface area (Å²) in [5, 5.41) is 4.95. The molecule has 6 nitrogen and oxygen atoms in total. The Labute approximate surface area is 194 Å². The van der Waals surface area contributed by atoms with E-state index >= 15 is 0 Å². The minimum absolute atomic E-state index is 0.0182. The molecule has 3 N–H and O–H groups in total. The third kappa shape index (κ3) is 5.09. The van der Waals surface area contributed by atoms with E-state index in [4.69, 9.17) is 16.6 Å². The second kappa shape index (κ2) is 8.87. The maximum Gasteiger partial charge on any atom is 0.417 e. The molecule has 1 fully saturated rings. The Morgan fingerprint density at radius 1 is 1.24 bits per heavy atom. The maximum absolute atomic E-state index is 13.1. The number of hydrogen-bond acceptors (Lipinski definition) is 3. The highest BCUT2D eigenvalue weighted by Crippen LogP contribution is 2.36. The molecule has 1 saturated heterocycles. The van der Waals surface area contributed by atoms with E-state index in [0.29, 0.717) is 13.0 Å². The highest BCUT2D eigenvalue weighted by molar-refractivity contribution is 6.31. The smallest absolute Gasteiger partial charge is 0.341 e. The van der Waals surface area contributed by atoms with Crippen molar-refractivity contribution in [1.29, 1.82) is 0 Å². The zero-order chi connectivity index (χ0) is 23.9. The Morgan fingerprint density at radius 2 is 2.00 bits per heavy atom. The number of hydrogen-bond donors (Lipinski definition) is 3. The lowest BCUT2D eigenvalue weighted by molar-refractivity contribution is -0.137. The molecule has 2 atom stereocenters. The van der Waals surface area contributed by atoms with Crippen molar-refractivity contribution in [1.82, 2.24) is 20.2 Å². The fourth-order valence-electron chi connectivity index (χ4n) is 4.28. The van der Waals surface area contributed by atoms with Crippen LogP contribution in [0.2, 0.25) is 5.02 Å². The number of carbonyl (C=O) groups excluding carboxylic acids is 1. The molecular weight excluding hydrogens is 455 g/mol. The normalized spacial score (nSPS) is 19.4. The molecule has 4 rings (SSSR count). The molecule has 1 aromatic heterocycles. The number of aromatic amines is 1. The second-order valence-corrected chi connectivity index (χ2v) is 9.08. The summed E-state index contributed by atoms with van der Waals surface area (Å²) in [6, 6.07) is 8.76. The van der Waals surface area contributed by atoms with Gasteiger partial charge in [-0.15, -0.1) is 0 Å². The first-order valence-electron chi connectivity index (χ1n) is 10.7. The predicted octanol–water partition coefficient (Wildman–Crippen LogP) is 5.89. The number of imidazole rings is 1. The van der Waals surface area contributed by atoms with Crippen LogP contribution < -0.4 is 10.6 Å². The van der Waals surface area contributed by atoms with Gasteiger partial charge in [-0.25, -0.2) is 9.78 Å². The molecule has 0 bridgehead atoms. The summed E-state index contributed by atoms with van der Waals surface area (Å²) in [6.07, 6.45) is -3.98. The van der Waals surface area contributed by atoms with Gasteiger partial charge in [-0.2, -0.15) is 13.2 Å². The van der Waals surface area contributed by atoms with Crippen LogP contribution in [0.3, 0.4) is 0 Å². The number of aromatic nitrogens is 2. The Morgan fingerprint density at radius 3 is 2.70 bits per heavy atom. The summed E-state index contributed by atoms with van der Waals surface area (Å²) in [6.45, 7) is 6.77. The SMILES string of the molecule is Cc1ccc2nc([C@@H]3C[C@@H](NC(=O)Nc4ccc(Cl)c(C(F)(F)F)c4)CN3C(C)C)[nH]c2c1. The number of halogens is 4. The zero-order valence-electron chi connectivity index (χ0n) is 18.4. The van der Waals surface area contributed by atoms with E-state index in [1.807, 2.05) is 25.1 Å². The number of anilines is 1. The van der Waals surface area contributed by atoms with Crippen LogP contribution in [0.25, 0.3) is 11.0 Å². The largest absolute Gasteiger partial charge is 0.417 e. The van der Waals surface area contributed by atoms with Crippen LogP contribution in [0.4, 0.5) is 23.7 Å². The molecule has 0 radical (unpaired) electrons. The molecule has 0 saturated carbocycles. The molecule has 2 aromatic carbocycles. The molecule has 176 valence electrons. The van der Waals surface area contributed by atoms with Crippen molar-refractivity contribution in [2.45, 2.75) is 51.5 Å². The highest BCUT2D eigenvalue weighted by Gasteiger charge is 2.37. The monoisotopic (exact) mass is 479 g/mol. The quantitative estimate of drug-likeness (QED) is 0.437. The molecule has 3 aromatic rings. The minimum atomic E-state index is -4.60. The molecular formula is C23H25ClF3N5O. The van der Waals surface area contributed by atoms with E-state index in [-0.39, 0.29) is 23.8 Å². The summed E-state index contributed by atoms with van der Waals surface area (Å²) in [5.74, 6) is 0.835. The van der Waals surface area contributed by atoms with Crippen LogP contribution in [0.5, 0.6) is 0 Å². The lowest BCUT2D eigenvalue weighted by Crippen LogP contribution is -2.40. The first-order chi connectivity index (χ1) is 15.5. The lowest BCUT2D eigenvalue weighted by Gasteiger charge is -2.26. The number of alkyl halides is 3. The number of likely N-dealkylation sites (tertiary alicyclic amines) is 1. The van der Waals surface area contributed by atoms with Gasteiger partial charge in [0.15, 0.2) is 0 Å². The predicted molar refractivity (Wildman–Crippen MR) is 122 cm³/mol. The molecule has 0 aliphatic carbocycles. The van der Waals surface area contributed by atoms with Crippen molar-refractivity contribution in [3.8, 4) is 0 Å². The fourth-order valence-corrected chi connectivity index (χ4v) is 4.50. The molecule has 33 heavy (non-hydrogen) atoms. The standard InChI is InChI=1S/C23H25ClF3N5O/c1-12(2)32-11-15(10-20(32)21-30-18-7-4-13(3)8-19(18)31-21)29-22(33)28-14-5-6-17(24)16(9-14)23(25,26)27/h4-9,12,15,20H,10-11H2,1-3H3,(H,30,31)(H2,28,29,33)/t15-,20+/m1/s1. The third-order valence-electron chi connectivity index (χ3n) is 5.84. The van der Waals surface area contributed by atoms with Crippen molar-refractivity contribution in [2.24, 2.45) is 0 Å². The van der Waals surface area contributed by atoms with Crippen molar-refractivity contribution >= 4 is 34.4 Å². The molecule has 10 heteroatoms. The number of amides is 2.